The first kappa shape index (κ1) is 8.18. The molecule has 0 saturated carbocycles. The van der Waals surface area contributed by atoms with Crippen LogP contribution in [-0.4, -0.2) is 25.7 Å². The lowest BCUT2D eigenvalue weighted by Crippen LogP contribution is -1.97. The van der Waals surface area contributed by atoms with E-state index in [2.05, 4.69) is 26.1 Å². The minimum atomic E-state index is -0.971. The lowest BCUT2D eigenvalue weighted by atomic mass is 10.3. The van der Waals surface area contributed by atoms with Gasteiger partial charge in [-0.2, -0.15) is 0 Å². The summed E-state index contributed by atoms with van der Waals surface area (Å²) in [7, 11) is 0. The predicted molar refractivity (Wildman–Crippen MR) is 47.6 cm³/mol. The van der Waals surface area contributed by atoms with Crippen LogP contribution in [0.5, 0.6) is 0 Å². The van der Waals surface area contributed by atoms with Crippen LogP contribution in [0, 0.1) is 0 Å². The molecular weight excluding hydrogens is 238 g/mol. The highest BCUT2D eigenvalue weighted by atomic mass is 79.9. The Morgan fingerprint density at radius 3 is 3.00 bits per heavy atom. The molecule has 0 aliphatic rings. The molecule has 0 radical (unpaired) electrons. The summed E-state index contributed by atoms with van der Waals surface area (Å²) in [6.45, 7) is 0. The van der Waals surface area contributed by atoms with Crippen molar-refractivity contribution in [3.05, 3.63) is 28.6 Å². The number of aromatic carboxylic acids is 1. The Hall–Kier alpha value is -1.43. The third kappa shape index (κ3) is 1.29. The normalized spacial score (nSPS) is 10.5. The molecule has 2 heterocycles. The van der Waals surface area contributed by atoms with Crippen molar-refractivity contribution >= 4 is 27.5 Å². The van der Waals surface area contributed by atoms with Crippen molar-refractivity contribution in [3.8, 4) is 0 Å². The van der Waals surface area contributed by atoms with E-state index in [9.17, 15) is 4.79 Å². The first-order valence-corrected chi connectivity index (χ1v) is 4.21. The fourth-order valence-corrected chi connectivity index (χ4v) is 1.37. The summed E-state index contributed by atoms with van der Waals surface area (Å²) in [5.41, 5.74) is 0.708. The molecule has 2 rings (SSSR count). The summed E-state index contributed by atoms with van der Waals surface area (Å²) in [5.74, 6) is -0.971. The van der Waals surface area contributed by atoms with Crippen LogP contribution in [0.25, 0.3) is 5.65 Å². The van der Waals surface area contributed by atoms with Crippen molar-refractivity contribution < 1.29 is 9.90 Å². The molecule has 0 aromatic carbocycles. The maximum Gasteiger partial charge on any atom is 0.335 e. The zero-order chi connectivity index (χ0) is 9.42. The summed E-state index contributed by atoms with van der Waals surface area (Å²) in [6, 6.07) is 2.95. The van der Waals surface area contributed by atoms with Gasteiger partial charge in [0.2, 0.25) is 4.73 Å². The number of halogens is 1. The third-order valence-corrected chi connectivity index (χ3v) is 2.16. The molecule has 2 aromatic heterocycles. The fourth-order valence-electron chi connectivity index (χ4n) is 0.995. The number of pyridine rings is 1. The molecule has 0 amide bonds. The molecule has 13 heavy (non-hydrogen) atoms. The summed E-state index contributed by atoms with van der Waals surface area (Å²) >= 11 is 3.17. The Morgan fingerprint density at radius 1 is 1.54 bits per heavy atom. The fraction of sp³-hybridized carbons (Fsp3) is 0. The van der Waals surface area contributed by atoms with E-state index >= 15 is 0 Å². The van der Waals surface area contributed by atoms with Crippen molar-refractivity contribution in [2.24, 2.45) is 0 Å². The average Bonchev–Trinajstić information content (AvgIpc) is 2.47. The van der Waals surface area contributed by atoms with E-state index < -0.39 is 5.97 Å². The number of carboxylic acid groups (broad SMARTS) is 1. The second kappa shape index (κ2) is 2.81. The largest absolute Gasteiger partial charge is 0.478 e. The van der Waals surface area contributed by atoms with Gasteiger partial charge in [0.15, 0.2) is 5.65 Å². The number of fused-ring (bicyclic) bond motifs is 1. The van der Waals surface area contributed by atoms with Crippen molar-refractivity contribution in [3.63, 3.8) is 0 Å². The van der Waals surface area contributed by atoms with Crippen LogP contribution in [0.15, 0.2) is 23.1 Å². The second-order valence-corrected chi connectivity index (χ2v) is 3.13. The van der Waals surface area contributed by atoms with Crippen LogP contribution in [0.2, 0.25) is 0 Å². The van der Waals surface area contributed by atoms with Gasteiger partial charge in [-0.15, -0.1) is 10.2 Å². The van der Waals surface area contributed by atoms with Crippen LogP contribution >= 0.6 is 15.9 Å². The van der Waals surface area contributed by atoms with Crippen molar-refractivity contribution in [1.29, 1.82) is 0 Å². The monoisotopic (exact) mass is 241 g/mol. The Kier molecular flexibility index (Phi) is 1.77. The van der Waals surface area contributed by atoms with Gasteiger partial charge in [0.1, 0.15) is 0 Å². The van der Waals surface area contributed by atoms with Gasteiger partial charge < -0.3 is 5.11 Å². The maximum atomic E-state index is 10.6. The highest BCUT2D eigenvalue weighted by molar-refractivity contribution is 9.10. The van der Waals surface area contributed by atoms with E-state index in [1.165, 1.54) is 12.1 Å². The number of nitrogens with zero attached hydrogens (tertiary/aromatic N) is 3. The third-order valence-electron chi connectivity index (χ3n) is 1.62. The van der Waals surface area contributed by atoms with Crippen molar-refractivity contribution in [1.82, 2.24) is 14.6 Å². The molecule has 0 unspecified atom stereocenters. The predicted octanol–water partition coefficient (Wildman–Crippen LogP) is 1.19. The molecule has 2 aromatic rings. The minimum absolute atomic E-state index is 0.201. The Morgan fingerprint density at radius 2 is 2.31 bits per heavy atom. The number of rotatable bonds is 1. The van der Waals surface area contributed by atoms with Crippen molar-refractivity contribution in [2.75, 3.05) is 0 Å². The first-order valence-electron chi connectivity index (χ1n) is 3.42. The molecule has 66 valence electrons. The van der Waals surface area contributed by atoms with E-state index in [-0.39, 0.29) is 5.56 Å². The van der Waals surface area contributed by atoms with Crippen LogP contribution in [0.1, 0.15) is 10.4 Å². The highest BCUT2D eigenvalue weighted by Gasteiger charge is 2.06. The standard InChI is InChI=1S/C7H4BrN3O2/c8-7-10-9-5-3-4(6(12)13)1-2-11(5)7/h1-3H,(H,12,13). The average molecular weight is 242 g/mol. The molecular formula is C7H4BrN3O2. The van der Waals surface area contributed by atoms with E-state index in [1.807, 2.05) is 0 Å². The van der Waals surface area contributed by atoms with Gasteiger partial charge in [0, 0.05) is 6.20 Å². The molecule has 0 aliphatic heterocycles. The van der Waals surface area contributed by atoms with Crippen LogP contribution < -0.4 is 0 Å². The summed E-state index contributed by atoms with van der Waals surface area (Å²) in [5, 5.41) is 16.2. The van der Waals surface area contributed by atoms with Gasteiger partial charge in [-0.1, -0.05) is 0 Å². The van der Waals surface area contributed by atoms with Gasteiger partial charge >= 0.3 is 5.97 Å². The molecule has 0 bridgehead atoms. The number of hydrogen-bond acceptors (Lipinski definition) is 3. The van der Waals surface area contributed by atoms with E-state index in [4.69, 9.17) is 5.11 Å². The summed E-state index contributed by atoms with van der Waals surface area (Å²) in [4.78, 5) is 10.6. The topological polar surface area (TPSA) is 67.5 Å². The lowest BCUT2D eigenvalue weighted by Gasteiger charge is -1.94. The molecule has 0 aliphatic carbocycles. The summed E-state index contributed by atoms with van der Waals surface area (Å²) in [6.07, 6.45) is 1.60. The quantitative estimate of drug-likeness (QED) is 0.815. The molecule has 1 N–H and O–H groups in total. The highest BCUT2D eigenvalue weighted by Crippen LogP contribution is 2.11. The molecule has 6 heteroatoms. The zero-order valence-electron chi connectivity index (χ0n) is 6.31. The molecule has 5 nitrogen and oxygen atoms in total. The van der Waals surface area contributed by atoms with Gasteiger partial charge in [-0.25, -0.2) is 4.79 Å². The van der Waals surface area contributed by atoms with Crippen LogP contribution in [-0.2, 0) is 0 Å². The molecule has 0 fully saturated rings. The van der Waals surface area contributed by atoms with Gasteiger partial charge in [0.25, 0.3) is 0 Å². The van der Waals surface area contributed by atoms with Gasteiger partial charge in [-0.3, -0.25) is 4.40 Å². The number of hydrogen-bond donors (Lipinski definition) is 1. The maximum absolute atomic E-state index is 10.6. The number of carbonyl (C=O) groups is 1. The smallest absolute Gasteiger partial charge is 0.335 e. The molecule has 0 atom stereocenters. The van der Waals surface area contributed by atoms with E-state index in [0.29, 0.717) is 10.4 Å². The van der Waals surface area contributed by atoms with Crippen LogP contribution in [0.4, 0.5) is 0 Å². The number of carboxylic acids is 1. The van der Waals surface area contributed by atoms with Gasteiger partial charge in [-0.05, 0) is 28.1 Å². The zero-order valence-corrected chi connectivity index (χ0v) is 7.89. The lowest BCUT2D eigenvalue weighted by molar-refractivity contribution is 0.0697. The second-order valence-electron chi connectivity index (χ2n) is 2.42. The van der Waals surface area contributed by atoms with Crippen LogP contribution in [0.3, 0.4) is 0 Å². The van der Waals surface area contributed by atoms with E-state index in [0.717, 1.165) is 0 Å². The Bertz CT molecular complexity index is 480. The molecule has 0 saturated heterocycles. The summed E-state index contributed by atoms with van der Waals surface area (Å²) < 4.78 is 2.20. The SMILES string of the molecule is O=C(O)c1ccn2c(Br)nnc2c1. The van der Waals surface area contributed by atoms with Gasteiger partial charge in [0.05, 0.1) is 5.56 Å². The van der Waals surface area contributed by atoms with Crippen molar-refractivity contribution in [2.45, 2.75) is 0 Å². The van der Waals surface area contributed by atoms with E-state index in [1.54, 1.807) is 10.6 Å². The Balaban J connectivity index is 2.70. The minimum Gasteiger partial charge on any atom is -0.478 e. The first-order chi connectivity index (χ1) is 6.18. The number of aromatic nitrogens is 3. The molecule has 0 spiro atoms. The Labute approximate surface area is 81.1 Å².